The number of allylic oxidation sites excluding steroid dienone is 2. The van der Waals surface area contributed by atoms with Gasteiger partial charge in [0.25, 0.3) is 0 Å². The second-order valence-electron chi connectivity index (χ2n) is 3.67. The smallest absolute Gasteiger partial charge is 0.185 e. The van der Waals surface area contributed by atoms with E-state index in [2.05, 4.69) is 0 Å². The quantitative estimate of drug-likeness (QED) is 0.417. The van der Waals surface area contributed by atoms with Crippen LogP contribution in [0, 0.1) is 0 Å². The third-order valence-electron chi connectivity index (χ3n) is 2.39. The van der Waals surface area contributed by atoms with Crippen LogP contribution in [0.25, 0.3) is 0 Å². The second-order valence-corrected chi connectivity index (χ2v) is 3.67. The molecule has 0 N–H and O–H groups in total. The summed E-state index contributed by atoms with van der Waals surface area (Å²) in [6, 6.07) is 9.32. The zero-order valence-corrected chi connectivity index (χ0v) is 8.56. The van der Waals surface area contributed by atoms with Gasteiger partial charge in [-0.3, -0.25) is 4.79 Å². The van der Waals surface area contributed by atoms with Gasteiger partial charge in [0.05, 0.1) is 12.7 Å². The minimum atomic E-state index is 0.0762. The van der Waals surface area contributed by atoms with Gasteiger partial charge in [-0.05, 0) is 18.9 Å². The lowest BCUT2D eigenvalue weighted by atomic mass is 10.1. The molecule has 0 radical (unpaired) electrons. The summed E-state index contributed by atoms with van der Waals surface area (Å²) in [7, 11) is 0. The predicted octanol–water partition coefficient (Wildman–Crippen LogP) is 2.60. The lowest BCUT2D eigenvalue weighted by Gasteiger charge is -1.93. The Morgan fingerprint density at radius 1 is 1.40 bits per heavy atom. The second kappa shape index (κ2) is 4.89. The number of benzene rings is 1. The summed E-state index contributed by atoms with van der Waals surface area (Å²) in [5, 5.41) is 0. The highest BCUT2D eigenvalue weighted by Gasteiger charge is 2.20. The van der Waals surface area contributed by atoms with Crippen LogP contribution in [0.4, 0.5) is 0 Å². The molecule has 0 bridgehead atoms. The molecular formula is C13H14O2. The highest BCUT2D eigenvalue weighted by molar-refractivity contribution is 6.04. The van der Waals surface area contributed by atoms with E-state index >= 15 is 0 Å². The first-order valence-electron chi connectivity index (χ1n) is 5.24. The fraction of sp³-hybridized carbons (Fsp3) is 0.308. The SMILES string of the molecule is O=C(/C=C/CCC1CO1)c1ccccc1. The molecule has 1 fully saturated rings. The van der Waals surface area contributed by atoms with E-state index in [1.165, 1.54) is 0 Å². The first kappa shape index (κ1) is 10.1. The summed E-state index contributed by atoms with van der Waals surface area (Å²) in [6.07, 6.45) is 5.97. The van der Waals surface area contributed by atoms with Crippen molar-refractivity contribution in [1.29, 1.82) is 0 Å². The zero-order valence-electron chi connectivity index (χ0n) is 8.56. The lowest BCUT2D eigenvalue weighted by Crippen LogP contribution is -1.93. The molecule has 1 aromatic carbocycles. The van der Waals surface area contributed by atoms with Gasteiger partial charge in [0, 0.05) is 5.56 Å². The van der Waals surface area contributed by atoms with Crippen LogP contribution in [-0.2, 0) is 4.74 Å². The van der Waals surface area contributed by atoms with E-state index < -0.39 is 0 Å². The van der Waals surface area contributed by atoms with Gasteiger partial charge in [-0.25, -0.2) is 0 Å². The number of ether oxygens (including phenoxy) is 1. The molecule has 1 aromatic rings. The first-order chi connectivity index (χ1) is 7.36. The molecule has 0 saturated carbocycles. The maximum absolute atomic E-state index is 11.6. The molecule has 2 rings (SSSR count). The van der Waals surface area contributed by atoms with E-state index in [4.69, 9.17) is 4.74 Å². The van der Waals surface area contributed by atoms with Crippen molar-refractivity contribution in [1.82, 2.24) is 0 Å². The Bertz CT molecular complexity index is 350. The maximum atomic E-state index is 11.6. The number of ketones is 1. The van der Waals surface area contributed by atoms with Gasteiger partial charge in [0.2, 0.25) is 0 Å². The normalized spacial score (nSPS) is 19.3. The van der Waals surface area contributed by atoms with Gasteiger partial charge in [-0.15, -0.1) is 0 Å². The third-order valence-corrected chi connectivity index (χ3v) is 2.39. The third kappa shape index (κ3) is 3.33. The van der Waals surface area contributed by atoms with Crippen molar-refractivity contribution in [2.24, 2.45) is 0 Å². The molecule has 1 aliphatic rings. The molecule has 0 aromatic heterocycles. The van der Waals surface area contributed by atoms with Gasteiger partial charge in [-0.1, -0.05) is 36.4 Å². The molecule has 2 nitrogen and oxygen atoms in total. The monoisotopic (exact) mass is 202 g/mol. The molecule has 0 aliphatic carbocycles. The Hall–Kier alpha value is -1.41. The summed E-state index contributed by atoms with van der Waals surface area (Å²) in [6.45, 7) is 0.889. The summed E-state index contributed by atoms with van der Waals surface area (Å²) in [5.41, 5.74) is 0.747. The average molecular weight is 202 g/mol. The van der Waals surface area contributed by atoms with Crippen LogP contribution >= 0.6 is 0 Å². The molecule has 2 heteroatoms. The van der Waals surface area contributed by atoms with E-state index in [9.17, 15) is 4.79 Å². The topological polar surface area (TPSA) is 29.6 Å². The number of carbonyl (C=O) groups excluding carboxylic acids is 1. The molecule has 15 heavy (non-hydrogen) atoms. The van der Waals surface area contributed by atoms with Gasteiger partial charge in [-0.2, -0.15) is 0 Å². The molecule has 1 heterocycles. The fourth-order valence-corrected chi connectivity index (χ4v) is 1.41. The molecule has 0 spiro atoms. The Morgan fingerprint density at radius 2 is 2.13 bits per heavy atom. The van der Waals surface area contributed by atoms with Crippen molar-refractivity contribution in [2.75, 3.05) is 6.61 Å². The summed E-state index contributed by atoms with van der Waals surface area (Å²) in [5.74, 6) is 0.0762. The van der Waals surface area contributed by atoms with E-state index in [-0.39, 0.29) is 5.78 Å². The van der Waals surface area contributed by atoms with E-state index in [1.54, 1.807) is 6.08 Å². The number of epoxide rings is 1. The predicted molar refractivity (Wildman–Crippen MR) is 58.9 cm³/mol. The van der Waals surface area contributed by atoms with Crippen molar-refractivity contribution in [2.45, 2.75) is 18.9 Å². The van der Waals surface area contributed by atoms with Crippen LogP contribution in [0.3, 0.4) is 0 Å². The van der Waals surface area contributed by atoms with Gasteiger partial charge in [0.1, 0.15) is 0 Å². The van der Waals surface area contributed by atoms with Gasteiger partial charge in [0.15, 0.2) is 5.78 Å². The van der Waals surface area contributed by atoms with Crippen LogP contribution in [0.1, 0.15) is 23.2 Å². The van der Waals surface area contributed by atoms with Crippen LogP contribution < -0.4 is 0 Å². The Balaban J connectivity index is 1.80. The van der Waals surface area contributed by atoms with Crippen molar-refractivity contribution in [3.8, 4) is 0 Å². The number of hydrogen-bond acceptors (Lipinski definition) is 2. The maximum Gasteiger partial charge on any atom is 0.185 e. The minimum absolute atomic E-state index is 0.0762. The van der Waals surface area contributed by atoms with E-state index in [0.717, 1.165) is 25.0 Å². The van der Waals surface area contributed by atoms with Crippen LogP contribution in [0.5, 0.6) is 0 Å². The van der Waals surface area contributed by atoms with Crippen LogP contribution in [0.15, 0.2) is 42.5 Å². The van der Waals surface area contributed by atoms with Crippen molar-refractivity contribution < 1.29 is 9.53 Å². The van der Waals surface area contributed by atoms with Crippen molar-refractivity contribution in [3.05, 3.63) is 48.0 Å². The van der Waals surface area contributed by atoms with Crippen LogP contribution in [0.2, 0.25) is 0 Å². The molecule has 1 atom stereocenters. The molecule has 1 saturated heterocycles. The lowest BCUT2D eigenvalue weighted by molar-refractivity contribution is 0.104. The first-order valence-corrected chi connectivity index (χ1v) is 5.24. The number of hydrogen-bond donors (Lipinski definition) is 0. The average Bonchev–Trinajstić information content (AvgIpc) is 3.09. The van der Waals surface area contributed by atoms with E-state index in [1.807, 2.05) is 36.4 Å². The standard InChI is InChI=1S/C13H14O2/c14-13(11-6-2-1-3-7-11)9-5-4-8-12-10-15-12/h1-3,5-7,9,12H,4,8,10H2/b9-5+. The molecular weight excluding hydrogens is 188 g/mol. The number of carbonyl (C=O) groups is 1. The molecule has 1 aliphatic heterocycles. The van der Waals surface area contributed by atoms with Gasteiger partial charge >= 0.3 is 0 Å². The summed E-state index contributed by atoms with van der Waals surface area (Å²) < 4.78 is 5.08. The highest BCUT2D eigenvalue weighted by Crippen LogP contribution is 2.15. The Kier molecular flexibility index (Phi) is 3.30. The number of rotatable bonds is 5. The summed E-state index contributed by atoms with van der Waals surface area (Å²) >= 11 is 0. The molecule has 78 valence electrons. The van der Waals surface area contributed by atoms with Crippen molar-refractivity contribution in [3.63, 3.8) is 0 Å². The zero-order chi connectivity index (χ0) is 10.5. The highest BCUT2D eigenvalue weighted by atomic mass is 16.6. The van der Waals surface area contributed by atoms with Crippen molar-refractivity contribution >= 4 is 5.78 Å². The van der Waals surface area contributed by atoms with Gasteiger partial charge < -0.3 is 4.74 Å². The molecule has 0 amide bonds. The van der Waals surface area contributed by atoms with E-state index in [0.29, 0.717) is 6.10 Å². The Labute approximate surface area is 89.6 Å². The Morgan fingerprint density at radius 3 is 2.80 bits per heavy atom. The fourth-order valence-electron chi connectivity index (χ4n) is 1.41. The molecule has 1 unspecified atom stereocenters. The largest absolute Gasteiger partial charge is 0.373 e. The van der Waals surface area contributed by atoms with Crippen LogP contribution in [-0.4, -0.2) is 18.5 Å². The summed E-state index contributed by atoms with van der Waals surface area (Å²) in [4.78, 5) is 11.6. The minimum Gasteiger partial charge on any atom is -0.373 e.